The monoisotopic (exact) mass is 328 g/mol. The first kappa shape index (κ1) is 16.9. The van der Waals surface area contributed by atoms with E-state index >= 15 is 0 Å². The predicted octanol–water partition coefficient (Wildman–Crippen LogP) is 3.84. The number of nitrogens with zero attached hydrogens (tertiary/aromatic N) is 2. The molecule has 0 spiro atoms. The third kappa shape index (κ3) is 3.83. The fourth-order valence-corrected chi connectivity index (χ4v) is 2.60. The average Bonchev–Trinajstić information content (AvgIpc) is 2.43. The van der Waals surface area contributed by atoms with Crippen LogP contribution in [0.3, 0.4) is 0 Å². The molecular formula is C16H22ClFN2O2. The average molecular weight is 329 g/mol. The second-order valence-electron chi connectivity index (χ2n) is 6.46. The molecule has 0 bridgehead atoms. The van der Waals surface area contributed by atoms with Crippen molar-refractivity contribution in [3.05, 3.63) is 28.5 Å². The van der Waals surface area contributed by atoms with Gasteiger partial charge in [0.05, 0.1) is 5.02 Å². The molecule has 1 aromatic carbocycles. The Morgan fingerprint density at radius 2 is 1.82 bits per heavy atom. The maximum Gasteiger partial charge on any atom is 0.410 e. The van der Waals surface area contributed by atoms with Gasteiger partial charge in [0.15, 0.2) is 0 Å². The van der Waals surface area contributed by atoms with E-state index in [4.69, 9.17) is 16.3 Å². The van der Waals surface area contributed by atoms with Gasteiger partial charge in [-0.05, 0) is 45.4 Å². The summed E-state index contributed by atoms with van der Waals surface area (Å²) in [5.41, 5.74) is 1.15. The van der Waals surface area contributed by atoms with E-state index in [0.29, 0.717) is 26.2 Å². The summed E-state index contributed by atoms with van der Waals surface area (Å²) in [5.74, 6) is -0.407. The lowest BCUT2D eigenvalue weighted by Gasteiger charge is -2.37. The topological polar surface area (TPSA) is 32.8 Å². The van der Waals surface area contributed by atoms with E-state index in [1.54, 1.807) is 17.9 Å². The van der Waals surface area contributed by atoms with E-state index in [0.717, 1.165) is 11.3 Å². The highest BCUT2D eigenvalue weighted by atomic mass is 35.5. The number of hydrogen-bond acceptors (Lipinski definition) is 3. The molecule has 0 aromatic heterocycles. The van der Waals surface area contributed by atoms with Crippen LogP contribution in [0.5, 0.6) is 0 Å². The Morgan fingerprint density at radius 1 is 1.23 bits per heavy atom. The Hall–Kier alpha value is -1.49. The maximum atomic E-state index is 13.4. The lowest BCUT2D eigenvalue weighted by atomic mass is 10.1. The van der Waals surface area contributed by atoms with Crippen LogP contribution in [0.15, 0.2) is 12.1 Å². The SMILES string of the molecule is Cc1c(N2CCN(C(=O)OC(C)(C)C)CC2)ccc(F)c1Cl. The molecule has 1 aromatic rings. The van der Waals surface area contributed by atoms with Crippen molar-refractivity contribution in [2.75, 3.05) is 31.1 Å². The molecule has 1 amide bonds. The number of halogens is 2. The lowest BCUT2D eigenvalue weighted by Crippen LogP contribution is -2.50. The van der Waals surface area contributed by atoms with Gasteiger partial charge in [0.1, 0.15) is 11.4 Å². The fraction of sp³-hybridized carbons (Fsp3) is 0.562. The Kier molecular flexibility index (Phi) is 4.85. The molecular weight excluding hydrogens is 307 g/mol. The van der Waals surface area contributed by atoms with Crippen molar-refractivity contribution in [3.8, 4) is 0 Å². The van der Waals surface area contributed by atoms with Crippen molar-refractivity contribution in [1.82, 2.24) is 4.90 Å². The molecule has 1 aliphatic rings. The normalized spacial score (nSPS) is 15.9. The minimum atomic E-state index is -0.491. The molecule has 0 aliphatic carbocycles. The number of benzene rings is 1. The van der Waals surface area contributed by atoms with Gasteiger partial charge in [-0.1, -0.05) is 11.6 Å². The summed E-state index contributed by atoms with van der Waals surface area (Å²) < 4.78 is 18.8. The van der Waals surface area contributed by atoms with Crippen molar-refractivity contribution in [2.24, 2.45) is 0 Å². The number of piperazine rings is 1. The van der Waals surface area contributed by atoms with Gasteiger partial charge in [0, 0.05) is 31.9 Å². The Labute approximate surface area is 135 Å². The molecule has 0 saturated carbocycles. The summed E-state index contributed by atoms with van der Waals surface area (Å²) >= 11 is 5.97. The van der Waals surface area contributed by atoms with Gasteiger partial charge >= 0.3 is 6.09 Å². The molecule has 0 atom stereocenters. The molecule has 122 valence electrons. The highest BCUT2D eigenvalue weighted by molar-refractivity contribution is 6.31. The van der Waals surface area contributed by atoms with Crippen LogP contribution in [0, 0.1) is 12.7 Å². The summed E-state index contributed by atoms with van der Waals surface area (Å²) in [6.45, 7) is 9.85. The van der Waals surface area contributed by atoms with Crippen LogP contribution in [0.25, 0.3) is 0 Å². The molecule has 4 nitrogen and oxygen atoms in total. The van der Waals surface area contributed by atoms with Crippen LogP contribution in [0.4, 0.5) is 14.9 Å². The van der Waals surface area contributed by atoms with Crippen LogP contribution in [-0.4, -0.2) is 42.8 Å². The Bertz CT molecular complexity index is 564. The molecule has 1 aliphatic heterocycles. The van der Waals surface area contributed by atoms with Gasteiger partial charge in [0.25, 0.3) is 0 Å². The van der Waals surface area contributed by atoms with Crippen molar-refractivity contribution in [1.29, 1.82) is 0 Å². The number of carbonyl (C=O) groups excluding carboxylic acids is 1. The Morgan fingerprint density at radius 3 is 2.36 bits per heavy atom. The van der Waals surface area contributed by atoms with Crippen LogP contribution >= 0.6 is 11.6 Å². The van der Waals surface area contributed by atoms with Gasteiger partial charge in [-0.3, -0.25) is 0 Å². The van der Waals surface area contributed by atoms with Crippen LogP contribution < -0.4 is 4.90 Å². The number of rotatable bonds is 1. The third-order valence-corrected chi connectivity index (χ3v) is 4.05. The Balaban J connectivity index is 2.01. The summed E-state index contributed by atoms with van der Waals surface area (Å²) in [6.07, 6.45) is -0.291. The highest BCUT2D eigenvalue weighted by Crippen LogP contribution is 2.29. The molecule has 22 heavy (non-hydrogen) atoms. The highest BCUT2D eigenvalue weighted by Gasteiger charge is 2.26. The summed E-state index contributed by atoms with van der Waals surface area (Å²) in [5, 5.41) is 0.159. The van der Waals surface area contributed by atoms with E-state index in [1.165, 1.54) is 6.07 Å². The molecule has 1 fully saturated rings. The fourth-order valence-electron chi connectivity index (χ4n) is 2.44. The number of hydrogen-bond donors (Lipinski definition) is 0. The van der Waals surface area contributed by atoms with Gasteiger partial charge in [-0.2, -0.15) is 0 Å². The van der Waals surface area contributed by atoms with Crippen molar-refractivity contribution >= 4 is 23.4 Å². The number of amides is 1. The molecule has 2 rings (SSSR count). The zero-order valence-corrected chi connectivity index (χ0v) is 14.2. The van der Waals surface area contributed by atoms with Crippen LogP contribution in [0.1, 0.15) is 26.3 Å². The van der Waals surface area contributed by atoms with E-state index in [1.807, 2.05) is 20.8 Å². The van der Waals surface area contributed by atoms with Gasteiger partial charge in [-0.15, -0.1) is 0 Å². The molecule has 0 unspecified atom stereocenters. The molecule has 6 heteroatoms. The first-order valence-electron chi connectivity index (χ1n) is 7.36. The van der Waals surface area contributed by atoms with E-state index in [2.05, 4.69) is 4.90 Å². The summed E-state index contributed by atoms with van der Waals surface area (Å²) in [7, 11) is 0. The number of carbonyl (C=O) groups is 1. The van der Waals surface area contributed by atoms with Gasteiger partial charge in [-0.25, -0.2) is 9.18 Å². The van der Waals surface area contributed by atoms with Crippen molar-refractivity contribution < 1.29 is 13.9 Å². The third-order valence-electron chi connectivity index (χ3n) is 3.58. The summed E-state index contributed by atoms with van der Waals surface area (Å²) in [4.78, 5) is 15.8. The number of ether oxygens (including phenoxy) is 1. The molecule has 0 N–H and O–H groups in total. The van der Waals surface area contributed by atoms with Crippen LogP contribution in [0.2, 0.25) is 5.02 Å². The smallest absolute Gasteiger partial charge is 0.410 e. The minimum Gasteiger partial charge on any atom is -0.444 e. The van der Waals surface area contributed by atoms with Gasteiger partial charge in [0.2, 0.25) is 0 Å². The standard InChI is InChI=1S/C16H22ClFN2O2/c1-11-13(6-5-12(18)14(11)17)19-7-9-20(10-8-19)15(21)22-16(2,3)4/h5-6H,7-10H2,1-4H3. The van der Waals surface area contributed by atoms with E-state index in [-0.39, 0.29) is 11.1 Å². The molecule has 0 radical (unpaired) electrons. The zero-order valence-electron chi connectivity index (χ0n) is 13.4. The zero-order chi connectivity index (χ0) is 16.5. The van der Waals surface area contributed by atoms with Crippen LogP contribution in [-0.2, 0) is 4.74 Å². The van der Waals surface area contributed by atoms with E-state index in [9.17, 15) is 9.18 Å². The molecule has 1 heterocycles. The van der Waals surface area contributed by atoms with Gasteiger partial charge < -0.3 is 14.5 Å². The second kappa shape index (κ2) is 6.32. The first-order chi connectivity index (χ1) is 10.2. The second-order valence-corrected chi connectivity index (χ2v) is 6.84. The lowest BCUT2D eigenvalue weighted by molar-refractivity contribution is 0.0240. The largest absolute Gasteiger partial charge is 0.444 e. The van der Waals surface area contributed by atoms with E-state index < -0.39 is 11.4 Å². The summed E-state index contributed by atoms with van der Waals surface area (Å²) in [6, 6.07) is 3.12. The predicted molar refractivity (Wildman–Crippen MR) is 86.2 cm³/mol. The minimum absolute atomic E-state index is 0.159. The molecule has 1 saturated heterocycles. The van der Waals surface area contributed by atoms with Crippen molar-refractivity contribution in [2.45, 2.75) is 33.3 Å². The number of anilines is 1. The quantitative estimate of drug-likeness (QED) is 0.785. The maximum absolute atomic E-state index is 13.4. The van der Waals surface area contributed by atoms with Crippen molar-refractivity contribution in [3.63, 3.8) is 0 Å². The first-order valence-corrected chi connectivity index (χ1v) is 7.74.